The van der Waals surface area contributed by atoms with E-state index in [9.17, 15) is 9.90 Å². The van der Waals surface area contributed by atoms with E-state index in [2.05, 4.69) is 0 Å². The van der Waals surface area contributed by atoms with E-state index < -0.39 is 5.97 Å². The molecule has 2 aromatic carbocycles. The molecule has 3 rings (SSSR count). The summed E-state index contributed by atoms with van der Waals surface area (Å²) in [5, 5.41) is 10.1. The molecular formula is C17H14O5S. The summed E-state index contributed by atoms with van der Waals surface area (Å²) < 4.78 is 17.1. The maximum absolute atomic E-state index is 11.6. The van der Waals surface area contributed by atoms with Gasteiger partial charge in [0.1, 0.15) is 5.75 Å². The van der Waals surface area contributed by atoms with Crippen LogP contribution in [0.5, 0.6) is 23.0 Å². The Balaban J connectivity index is 2.20. The average molecular weight is 330 g/mol. The molecule has 0 atom stereocenters. The predicted octanol–water partition coefficient (Wildman–Crippen LogP) is 4.41. The van der Waals surface area contributed by atoms with Gasteiger partial charge >= 0.3 is 5.97 Å². The Morgan fingerprint density at radius 2 is 1.70 bits per heavy atom. The van der Waals surface area contributed by atoms with Crippen LogP contribution in [0, 0.1) is 0 Å². The van der Waals surface area contributed by atoms with Crippen LogP contribution in [0.3, 0.4) is 0 Å². The highest BCUT2D eigenvalue weighted by Gasteiger charge is 2.22. The number of para-hydroxylation sites is 1. The molecule has 0 spiro atoms. The number of aromatic carboxylic acids is 1. The zero-order valence-electron chi connectivity index (χ0n) is 12.5. The Kier molecular flexibility index (Phi) is 4.08. The number of carboxylic acids is 1. The number of carbonyl (C=O) groups is 1. The van der Waals surface area contributed by atoms with Crippen molar-refractivity contribution < 1.29 is 24.1 Å². The molecule has 0 aliphatic heterocycles. The number of carboxylic acid groups (broad SMARTS) is 1. The van der Waals surface area contributed by atoms with Gasteiger partial charge in [-0.05, 0) is 18.2 Å². The summed E-state index contributed by atoms with van der Waals surface area (Å²) in [4.78, 5) is 11.7. The smallest absolute Gasteiger partial charge is 0.349 e. The number of ether oxygens (including phenoxy) is 3. The number of fused-ring (bicyclic) bond motifs is 1. The van der Waals surface area contributed by atoms with Crippen molar-refractivity contribution >= 4 is 27.4 Å². The second kappa shape index (κ2) is 6.18. The molecule has 0 saturated heterocycles. The summed E-state index contributed by atoms with van der Waals surface area (Å²) in [7, 11) is 3.07. The molecule has 0 saturated carbocycles. The first-order valence-corrected chi connectivity index (χ1v) is 7.60. The van der Waals surface area contributed by atoms with Crippen LogP contribution >= 0.6 is 11.3 Å². The maximum Gasteiger partial charge on any atom is 0.349 e. The van der Waals surface area contributed by atoms with Crippen LogP contribution in [0.2, 0.25) is 0 Å². The molecule has 1 N–H and O–H groups in total. The van der Waals surface area contributed by atoms with Crippen LogP contribution in [0.25, 0.3) is 10.1 Å². The van der Waals surface area contributed by atoms with E-state index in [0.29, 0.717) is 28.4 Å². The first-order chi connectivity index (χ1) is 11.1. The Morgan fingerprint density at radius 1 is 1.04 bits per heavy atom. The summed E-state index contributed by atoms with van der Waals surface area (Å²) in [6, 6.07) is 12.6. The van der Waals surface area contributed by atoms with Crippen molar-refractivity contribution in [3.8, 4) is 23.0 Å². The molecule has 0 unspecified atom stereocenters. The molecule has 0 bridgehead atoms. The zero-order chi connectivity index (χ0) is 16.4. The number of hydrogen-bond acceptors (Lipinski definition) is 5. The molecule has 0 aliphatic rings. The van der Waals surface area contributed by atoms with Gasteiger partial charge in [0.05, 0.1) is 14.2 Å². The molecule has 118 valence electrons. The Hall–Kier alpha value is -2.73. The van der Waals surface area contributed by atoms with Crippen molar-refractivity contribution in [3.05, 3.63) is 47.3 Å². The molecule has 0 amide bonds. The van der Waals surface area contributed by atoms with Gasteiger partial charge in [-0.3, -0.25) is 0 Å². The molecule has 1 aromatic heterocycles. The fourth-order valence-corrected chi connectivity index (χ4v) is 3.23. The lowest BCUT2D eigenvalue weighted by Gasteiger charge is -2.09. The Morgan fingerprint density at radius 3 is 2.30 bits per heavy atom. The third kappa shape index (κ3) is 2.80. The van der Waals surface area contributed by atoms with Gasteiger partial charge in [-0.15, -0.1) is 11.3 Å². The van der Waals surface area contributed by atoms with Crippen LogP contribution < -0.4 is 14.2 Å². The second-order valence-electron chi connectivity index (χ2n) is 4.68. The van der Waals surface area contributed by atoms with Gasteiger partial charge in [0.15, 0.2) is 22.1 Å². The standard InChI is InChI=1S/C17H14O5S/c1-20-12-8-11-14(9-13(12)21-2)23-16(17(18)19)15(11)22-10-6-4-3-5-7-10/h3-9H,1-2H3,(H,18,19). The van der Waals surface area contributed by atoms with Crippen molar-refractivity contribution in [1.82, 2.24) is 0 Å². The topological polar surface area (TPSA) is 65.0 Å². The third-order valence-electron chi connectivity index (χ3n) is 3.31. The second-order valence-corrected chi connectivity index (χ2v) is 5.74. The van der Waals surface area contributed by atoms with Crippen LogP contribution in [0.15, 0.2) is 42.5 Å². The van der Waals surface area contributed by atoms with E-state index in [1.54, 1.807) is 24.3 Å². The molecule has 0 aliphatic carbocycles. The molecule has 3 aromatic rings. The predicted molar refractivity (Wildman–Crippen MR) is 88.4 cm³/mol. The number of thiophene rings is 1. The molecule has 1 heterocycles. The number of hydrogen-bond donors (Lipinski definition) is 1. The highest BCUT2D eigenvalue weighted by Crippen LogP contribution is 2.44. The highest BCUT2D eigenvalue weighted by atomic mass is 32.1. The quantitative estimate of drug-likeness (QED) is 0.750. The first-order valence-electron chi connectivity index (χ1n) is 6.78. The first kappa shape index (κ1) is 15.2. The van der Waals surface area contributed by atoms with Crippen molar-refractivity contribution in [1.29, 1.82) is 0 Å². The number of methoxy groups -OCH3 is 2. The summed E-state index contributed by atoms with van der Waals surface area (Å²) in [6.07, 6.45) is 0. The fraction of sp³-hybridized carbons (Fsp3) is 0.118. The minimum Gasteiger partial charge on any atom is -0.493 e. The van der Waals surface area contributed by atoms with E-state index in [1.807, 2.05) is 18.2 Å². The lowest BCUT2D eigenvalue weighted by molar-refractivity contribution is 0.0700. The Labute approximate surface area is 136 Å². The molecule has 23 heavy (non-hydrogen) atoms. The van der Waals surface area contributed by atoms with E-state index in [-0.39, 0.29) is 4.88 Å². The fourth-order valence-electron chi connectivity index (χ4n) is 2.25. The van der Waals surface area contributed by atoms with Crippen LogP contribution in [0.4, 0.5) is 0 Å². The van der Waals surface area contributed by atoms with Gasteiger partial charge in [-0.2, -0.15) is 0 Å². The third-order valence-corrected chi connectivity index (χ3v) is 4.43. The van der Waals surface area contributed by atoms with Gasteiger partial charge in [-0.1, -0.05) is 18.2 Å². The van der Waals surface area contributed by atoms with Gasteiger partial charge in [0.2, 0.25) is 0 Å². The lowest BCUT2D eigenvalue weighted by Crippen LogP contribution is -1.95. The summed E-state index contributed by atoms with van der Waals surface area (Å²) in [5.41, 5.74) is 0. The van der Waals surface area contributed by atoms with Crippen molar-refractivity contribution in [2.24, 2.45) is 0 Å². The van der Waals surface area contributed by atoms with Crippen molar-refractivity contribution in [2.75, 3.05) is 14.2 Å². The minimum absolute atomic E-state index is 0.138. The van der Waals surface area contributed by atoms with Crippen molar-refractivity contribution in [2.45, 2.75) is 0 Å². The van der Waals surface area contributed by atoms with Crippen LogP contribution in [0.1, 0.15) is 9.67 Å². The number of benzene rings is 2. The largest absolute Gasteiger partial charge is 0.493 e. The van der Waals surface area contributed by atoms with E-state index in [1.165, 1.54) is 14.2 Å². The van der Waals surface area contributed by atoms with Crippen LogP contribution in [-0.2, 0) is 0 Å². The van der Waals surface area contributed by atoms with Crippen molar-refractivity contribution in [3.63, 3.8) is 0 Å². The van der Waals surface area contributed by atoms with Gasteiger partial charge in [0, 0.05) is 16.2 Å². The SMILES string of the molecule is COc1cc2sc(C(=O)O)c(Oc3ccccc3)c2cc1OC. The van der Waals surface area contributed by atoms with Crippen LogP contribution in [-0.4, -0.2) is 25.3 Å². The average Bonchev–Trinajstić information content (AvgIpc) is 2.92. The van der Waals surface area contributed by atoms with E-state index in [4.69, 9.17) is 14.2 Å². The molecular weight excluding hydrogens is 316 g/mol. The van der Waals surface area contributed by atoms with Gasteiger partial charge in [0.25, 0.3) is 0 Å². The van der Waals surface area contributed by atoms with E-state index >= 15 is 0 Å². The zero-order valence-corrected chi connectivity index (χ0v) is 13.3. The Bertz CT molecular complexity index is 854. The number of rotatable bonds is 5. The molecule has 0 fully saturated rings. The maximum atomic E-state index is 11.6. The molecule has 5 nitrogen and oxygen atoms in total. The lowest BCUT2D eigenvalue weighted by atomic mass is 10.2. The summed E-state index contributed by atoms with van der Waals surface area (Å²) in [5.74, 6) is 0.918. The summed E-state index contributed by atoms with van der Waals surface area (Å²) >= 11 is 1.14. The van der Waals surface area contributed by atoms with E-state index in [0.717, 1.165) is 16.0 Å². The highest BCUT2D eigenvalue weighted by molar-refractivity contribution is 7.21. The minimum atomic E-state index is -1.03. The van der Waals surface area contributed by atoms with Gasteiger partial charge < -0.3 is 19.3 Å². The molecule has 6 heteroatoms. The molecule has 0 radical (unpaired) electrons. The van der Waals surface area contributed by atoms with Gasteiger partial charge in [-0.25, -0.2) is 4.79 Å². The monoisotopic (exact) mass is 330 g/mol. The summed E-state index contributed by atoms with van der Waals surface area (Å²) in [6.45, 7) is 0. The normalized spacial score (nSPS) is 10.5.